The highest BCUT2D eigenvalue weighted by Gasteiger charge is 2.67. The van der Waals surface area contributed by atoms with E-state index < -0.39 is 0 Å². The quantitative estimate of drug-likeness (QED) is 0.0310. The van der Waals surface area contributed by atoms with Gasteiger partial charge in [0.05, 0.1) is 19.8 Å². The van der Waals surface area contributed by atoms with Crippen molar-refractivity contribution in [3.63, 3.8) is 0 Å². The maximum Gasteiger partial charge on any atom is 0.231 e. The number of nitrogens with one attached hydrogen (secondary N) is 26. The zero-order chi connectivity index (χ0) is 108. The SMILES string of the molecule is CNC12CC3(NC)CC(NC)(C1)CC(NC)(C2)C3.CNC1CC(NC)CC(NC)C1.CNC1CCN(c2nc(N3CCC(NC)CC3)nc(N3CCC(NC)CC3)n2)CC1.CNCC(CNC)(CNC)CNC.CNCC(CNC)CNC.CNCCCN(C)c1nc(N(C)CCCNC)nc(N(C)CCCNC)n1.CNCCCOc1cc(OCCCNC)cc(OCCCNC)c1.CNCCN(CCNC)CCNC. The Morgan fingerprint density at radius 1 is 0.286 bits per heavy atom. The first kappa shape index (κ1) is 136. The lowest BCUT2D eigenvalue weighted by Crippen LogP contribution is -2.81. The van der Waals surface area contributed by atoms with Crippen LogP contribution in [-0.2, 0) is 0 Å². The summed E-state index contributed by atoms with van der Waals surface area (Å²) in [4.78, 5) is 44.9. The average Bonchev–Trinajstić information content (AvgIpc) is 0.687. The predicted octanol–water partition coefficient (Wildman–Crippen LogP) is -0.711. The molecule has 0 spiro atoms. The van der Waals surface area contributed by atoms with Crippen molar-refractivity contribution in [2.24, 2.45) is 11.3 Å². The Morgan fingerprint density at radius 2 is 0.510 bits per heavy atom. The minimum absolute atomic E-state index is 0.257. The van der Waals surface area contributed by atoms with E-state index in [9.17, 15) is 0 Å². The summed E-state index contributed by atoms with van der Waals surface area (Å²) in [6, 6.07) is 9.61. The lowest BCUT2D eigenvalue weighted by molar-refractivity contribution is -0.0953. The predicted molar refractivity (Wildman–Crippen MR) is 625 cm³/mol. The molecule has 11 rings (SSSR count). The molecule has 3 aliphatic heterocycles. The molecule has 8 fully saturated rings. The first-order valence-corrected chi connectivity index (χ1v) is 56.0. The van der Waals surface area contributed by atoms with Gasteiger partial charge < -0.3 is 182 Å². The van der Waals surface area contributed by atoms with Crippen LogP contribution in [0.25, 0.3) is 0 Å². The van der Waals surface area contributed by atoms with Crippen molar-refractivity contribution in [3.05, 3.63) is 18.2 Å². The van der Waals surface area contributed by atoms with E-state index >= 15 is 0 Å². The molecule has 5 heterocycles. The summed E-state index contributed by atoms with van der Waals surface area (Å²) in [5.41, 5.74) is 1.44. The lowest BCUT2D eigenvalue weighted by Gasteiger charge is -2.70. The molecule has 3 saturated heterocycles. The normalized spacial score (nSPS) is 20.8. The van der Waals surface area contributed by atoms with Crippen molar-refractivity contribution < 1.29 is 14.2 Å². The topological polar surface area (TPSA) is 440 Å². The molecule has 2 aromatic heterocycles. The van der Waals surface area contributed by atoms with Gasteiger partial charge in [-0.25, -0.2) is 0 Å². The minimum Gasteiger partial charge on any atom is -0.493 e. The largest absolute Gasteiger partial charge is 0.493 e. The zero-order valence-corrected chi connectivity index (χ0v) is 98.6. The van der Waals surface area contributed by atoms with Crippen LogP contribution in [0.4, 0.5) is 35.7 Å². The Hall–Kier alpha value is -5.64. The molecule has 0 amide bonds. The van der Waals surface area contributed by atoms with Gasteiger partial charge in [-0.3, -0.25) is 4.90 Å². The first-order chi connectivity index (χ1) is 71.2. The van der Waals surface area contributed by atoms with Gasteiger partial charge in [0.1, 0.15) is 17.2 Å². The molecule has 1 aromatic carbocycles. The van der Waals surface area contributed by atoms with E-state index in [1.54, 1.807) is 0 Å². The van der Waals surface area contributed by atoms with E-state index in [4.69, 9.17) is 44.1 Å². The van der Waals surface area contributed by atoms with Crippen molar-refractivity contribution in [1.29, 1.82) is 0 Å². The Morgan fingerprint density at radius 3 is 0.707 bits per heavy atom. The van der Waals surface area contributed by atoms with E-state index in [-0.39, 0.29) is 5.41 Å². The van der Waals surface area contributed by atoms with Crippen molar-refractivity contribution in [3.8, 4) is 17.2 Å². The molecule has 3 aromatic rings. The first-order valence-electron chi connectivity index (χ1n) is 56.0. The number of anilines is 6. The van der Waals surface area contributed by atoms with Crippen LogP contribution in [0.2, 0.25) is 0 Å². The number of nitrogens with zero attached hydrogens (tertiary/aromatic N) is 13. The van der Waals surface area contributed by atoms with Gasteiger partial charge in [0.15, 0.2) is 0 Å². The molecule has 0 radical (unpaired) electrons. The summed E-state index contributed by atoms with van der Waals surface area (Å²) in [7, 11) is 58.7. The molecule has 42 nitrogen and oxygen atoms in total. The van der Waals surface area contributed by atoms with Crippen LogP contribution in [0.5, 0.6) is 17.2 Å². The third kappa shape index (κ3) is 52.4. The van der Waals surface area contributed by atoms with Gasteiger partial charge in [0.25, 0.3) is 0 Å². The molecule has 860 valence electrons. The van der Waals surface area contributed by atoms with Crippen molar-refractivity contribution in [1.82, 2.24) is 173 Å². The van der Waals surface area contributed by atoms with Crippen LogP contribution in [0.15, 0.2) is 18.2 Å². The number of likely N-dealkylation sites (N-methyl/N-ethyl adjacent to an activating group) is 3. The Labute approximate surface area is 895 Å². The number of ether oxygens (including phenoxy) is 3. The summed E-state index contributed by atoms with van der Waals surface area (Å²) in [5, 5.41) is 85.8. The number of rotatable bonds is 66. The van der Waals surface area contributed by atoms with E-state index in [0.29, 0.717) is 84.1 Å². The van der Waals surface area contributed by atoms with Crippen LogP contribution in [0, 0.1) is 11.3 Å². The van der Waals surface area contributed by atoms with E-state index in [1.807, 2.05) is 152 Å². The third-order valence-electron chi connectivity index (χ3n) is 29.7. The Bertz CT molecular complexity index is 3160. The molecule has 0 atom stereocenters. The van der Waals surface area contributed by atoms with Gasteiger partial charge in [-0.2, -0.15) is 29.9 Å². The molecule has 5 aliphatic carbocycles. The van der Waals surface area contributed by atoms with Crippen LogP contribution in [0.3, 0.4) is 0 Å². The number of hydrogen-bond donors (Lipinski definition) is 26. The molecule has 147 heavy (non-hydrogen) atoms. The van der Waals surface area contributed by atoms with Gasteiger partial charge >= 0.3 is 0 Å². The summed E-state index contributed by atoms with van der Waals surface area (Å²) in [6.45, 7) is 30.3. The van der Waals surface area contributed by atoms with Gasteiger partial charge in [-0.05, 0) is 363 Å². The molecular weight excluding hydrogens is 1860 g/mol. The molecule has 26 N–H and O–H groups in total. The second kappa shape index (κ2) is 81.1. The van der Waals surface area contributed by atoms with Crippen molar-refractivity contribution in [2.75, 3.05) is 437 Å². The highest BCUT2D eigenvalue weighted by atomic mass is 16.5. The third-order valence-corrected chi connectivity index (χ3v) is 29.7. The Kier molecular flexibility index (Phi) is 74.7. The highest BCUT2D eigenvalue weighted by molar-refractivity contribution is 5.49. The standard InChI is InChI=1S/C21H39N9.C18H39N9.C18H33N3O3.C14H28N4.2C9H24N4.C9H21N3.C7H19N3/c1-22-16-4-10-28(11-5-16)19-25-20(29-12-6-17(23-2)7-13-29)27-21(26-19)30-14-8-18(24-3)9-15-30;1-19-10-7-13-25(4)16-22-17(26(5)14-8-11-20-2)24-18(23-16)27(6)15-9-12-21-3;1-19-7-4-10-22-16-13-17(23-11-5-8-20-2)15-18(14-16)24-12-6-9-21-3;1-15-11-5-12(16-2)8-13(6-11,17-3)10-14(7-11,9-12)18-4;1-10-5-9(6-11-2,7-12-3)8-13-4;1-10-4-7-13(8-5-11-2)9-6-12-3;1-10-7-4-8(11-2)6-9(5-7)12-3;1-8-4-7(5-9-2)6-10-3/h16-18,22-24H,4-15H2,1-3H3;19-21H,7-15H2,1-6H3;13-15,19-21H,4-12H2,1-3H3;15-18H,5-10H2,1-4H3;10-13H,5-8H2,1-4H3;10-12H,4-9H2,1-3H3;7-12H,4-6H2,1-3H3;7-10H,4-6H2,1-3H3. The fourth-order valence-corrected chi connectivity index (χ4v) is 21.4. The monoisotopic (exact) mass is 2080 g/mol. The van der Waals surface area contributed by atoms with E-state index in [1.165, 1.54) is 57.8 Å². The highest BCUT2D eigenvalue weighted by Crippen LogP contribution is 2.60. The summed E-state index contributed by atoms with van der Waals surface area (Å²) >= 11 is 0. The van der Waals surface area contributed by atoms with Gasteiger partial charge in [-0.1, -0.05) is 0 Å². The zero-order valence-electron chi connectivity index (χ0n) is 98.6. The van der Waals surface area contributed by atoms with Crippen LogP contribution in [0.1, 0.15) is 135 Å². The fraction of sp³-hybridized carbons (Fsp3) is 0.886. The maximum atomic E-state index is 5.82. The van der Waals surface area contributed by atoms with Gasteiger partial charge in [0.2, 0.25) is 35.7 Å². The van der Waals surface area contributed by atoms with Crippen LogP contribution >= 0.6 is 0 Å². The second-order valence-electron chi connectivity index (χ2n) is 41.5. The van der Waals surface area contributed by atoms with Crippen molar-refractivity contribution >= 4 is 35.7 Å². The molecule has 5 saturated carbocycles. The molecule has 4 bridgehead atoms. The number of hydrogen-bond acceptors (Lipinski definition) is 42. The summed E-state index contributed by atoms with van der Waals surface area (Å²) in [5.74, 6) is 7.83. The summed E-state index contributed by atoms with van der Waals surface area (Å²) < 4.78 is 17.5. The molecule has 8 aliphatic rings. The number of piperidine rings is 3. The molecule has 0 unspecified atom stereocenters. The van der Waals surface area contributed by atoms with Crippen LogP contribution in [-0.4, -0.2) is 501 Å². The van der Waals surface area contributed by atoms with Crippen molar-refractivity contribution in [2.45, 2.75) is 193 Å². The Balaban J connectivity index is 0.000000444. The van der Waals surface area contributed by atoms with Gasteiger partial charge in [0, 0.05) is 247 Å². The number of aromatic nitrogens is 6. The smallest absolute Gasteiger partial charge is 0.231 e. The lowest BCUT2D eigenvalue weighted by atomic mass is 9.44. The second-order valence-corrected chi connectivity index (χ2v) is 41.5. The fourth-order valence-electron chi connectivity index (χ4n) is 21.4. The molecular formula is C105H227N39O3. The molecule has 42 heteroatoms. The average molecular weight is 2080 g/mol. The van der Waals surface area contributed by atoms with E-state index in [0.717, 1.165) is 313 Å². The van der Waals surface area contributed by atoms with Gasteiger partial charge in [-0.15, -0.1) is 0 Å². The maximum absolute atomic E-state index is 5.82. The number of benzene rings is 1. The summed E-state index contributed by atoms with van der Waals surface area (Å²) in [6.07, 6.45) is 24.1. The van der Waals surface area contributed by atoms with Crippen LogP contribution < -0.4 is 182 Å². The van der Waals surface area contributed by atoms with E-state index in [2.05, 4.69) is 243 Å². The minimum atomic E-state index is 0.257.